The van der Waals surface area contributed by atoms with Gasteiger partial charge in [-0.05, 0) is 36.1 Å². The first-order valence-electron chi connectivity index (χ1n) is 6.48. The monoisotopic (exact) mass is 257 g/mol. The third kappa shape index (κ3) is 3.32. The average Bonchev–Trinajstić information content (AvgIpc) is 2.39. The third-order valence-corrected chi connectivity index (χ3v) is 3.00. The normalized spacial score (nSPS) is 12.5. The highest BCUT2D eigenvalue weighted by Gasteiger charge is 2.09. The zero-order valence-electron chi connectivity index (χ0n) is 11.5. The molecule has 0 aliphatic heterocycles. The van der Waals surface area contributed by atoms with Crippen LogP contribution in [0, 0.1) is 0 Å². The molecule has 0 saturated carbocycles. The second-order valence-corrected chi connectivity index (χ2v) is 4.90. The largest absolute Gasteiger partial charge is 0.439 e. The number of pyridine rings is 1. The highest BCUT2D eigenvalue weighted by Crippen LogP contribution is 2.30. The molecule has 100 valence electrons. The van der Waals surface area contributed by atoms with Gasteiger partial charge >= 0.3 is 0 Å². The number of benzene rings is 1. The molecule has 1 aromatic carbocycles. The van der Waals surface area contributed by atoms with Gasteiger partial charge in [-0.1, -0.05) is 32.0 Å². The van der Waals surface area contributed by atoms with E-state index in [-0.39, 0.29) is 0 Å². The minimum atomic E-state index is -0.523. The summed E-state index contributed by atoms with van der Waals surface area (Å²) < 4.78 is 5.84. The Hall–Kier alpha value is -1.87. The van der Waals surface area contributed by atoms with Crippen molar-refractivity contribution >= 4 is 0 Å². The van der Waals surface area contributed by atoms with Crippen LogP contribution in [0.25, 0.3) is 0 Å². The molecule has 2 aromatic rings. The molecular formula is C16H19NO2. The van der Waals surface area contributed by atoms with Gasteiger partial charge in [0.05, 0.1) is 6.10 Å². The predicted molar refractivity (Wildman–Crippen MR) is 75.5 cm³/mol. The van der Waals surface area contributed by atoms with Crippen molar-refractivity contribution < 1.29 is 9.84 Å². The molecule has 3 nitrogen and oxygen atoms in total. The predicted octanol–water partition coefficient (Wildman–Crippen LogP) is 4.05. The molecule has 0 saturated heterocycles. The molecule has 19 heavy (non-hydrogen) atoms. The molecule has 0 aliphatic rings. The Labute approximate surface area is 113 Å². The van der Waals surface area contributed by atoms with Crippen molar-refractivity contribution in [1.29, 1.82) is 0 Å². The molecule has 0 fully saturated rings. The Kier molecular flexibility index (Phi) is 4.17. The Morgan fingerprint density at radius 3 is 2.53 bits per heavy atom. The van der Waals surface area contributed by atoms with E-state index in [0.29, 0.717) is 11.8 Å². The molecule has 1 heterocycles. The Morgan fingerprint density at radius 1 is 1.11 bits per heavy atom. The van der Waals surface area contributed by atoms with Crippen LogP contribution in [0.15, 0.2) is 42.6 Å². The molecule has 0 spiro atoms. The summed E-state index contributed by atoms with van der Waals surface area (Å²) in [5.74, 6) is 1.70. The number of aliphatic hydroxyl groups excluding tert-OH is 1. The van der Waals surface area contributed by atoms with E-state index in [1.165, 1.54) is 0 Å². The molecule has 1 aromatic heterocycles. The van der Waals surface area contributed by atoms with Crippen LogP contribution < -0.4 is 4.74 Å². The summed E-state index contributed by atoms with van der Waals surface area (Å²) in [6, 6.07) is 11.5. The third-order valence-electron chi connectivity index (χ3n) is 3.00. The van der Waals surface area contributed by atoms with E-state index in [2.05, 4.69) is 24.9 Å². The van der Waals surface area contributed by atoms with E-state index in [4.69, 9.17) is 4.74 Å². The second kappa shape index (κ2) is 5.85. The van der Waals surface area contributed by atoms with Gasteiger partial charge in [-0.25, -0.2) is 4.98 Å². The maximum absolute atomic E-state index is 9.57. The fraction of sp³-hybridized carbons (Fsp3) is 0.312. The number of ether oxygens (including phenoxy) is 1. The first kappa shape index (κ1) is 13.6. The quantitative estimate of drug-likeness (QED) is 0.898. The molecule has 0 bridgehead atoms. The smallest absolute Gasteiger partial charge is 0.219 e. The lowest BCUT2D eigenvalue weighted by molar-refractivity contribution is 0.198. The van der Waals surface area contributed by atoms with Gasteiger partial charge in [0.2, 0.25) is 5.88 Å². The lowest BCUT2D eigenvalue weighted by Crippen LogP contribution is -1.97. The van der Waals surface area contributed by atoms with Crippen LogP contribution >= 0.6 is 0 Å². The van der Waals surface area contributed by atoms with Crippen molar-refractivity contribution in [1.82, 2.24) is 4.98 Å². The van der Waals surface area contributed by atoms with Gasteiger partial charge in [0, 0.05) is 12.3 Å². The van der Waals surface area contributed by atoms with E-state index >= 15 is 0 Å². The highest BCUT2D eigenvalue weighted by molar-refractivity contribution is 5.38. The van der Waals surface area contributed by atoms with E-state index in [9.17, 15) is 5.11 Å². The van der Waals surface area contributed by atoms with Gasteiger partial charge in [0.1, 0.15) is 5.75 Å². The Balaban J connectivity index is 2.29. The molecule has 1 N–H and O–H groups in total. The van der Waals surface area contributed by atoms with Crippen LogP contribution in [0.5, 0.6) is 11.6 Å². The summed E-state index contributed by atoms with van der Waals surface area (Å²) in [5.41, 5.74) is 1.94. The fourth-order valence-electron chi connectivity index (χ4n) is 1.90. The maximum Gasteiger partial charge on any atom is 0.219 e. The lowest BCUT2D eigenvalue weighted by Gasteiger charge is -2.13. The fourth-order valence-corrected chi connectivity index (χ4v) is 1.90. The minimum Gasteiger partial charge on any atom is -0.439 e. The Bertz CT molecular complexity index is 550. The van der Waals surface area contributed by atoms with Crippen molar-refractivity contribution in [3.8, 4) is 11.6 Å². The van der Waals surface area contributed by atoms with Gasteiger partial charge < -0.3 is 9.84 Å². The number of aromatic nitrogens is 1. The van der Waals surface area contributed by atoms with Gasteiger partial charge in [-0.3, -0.25) is 0 Å². The number of aliphatic hydroxyl groups is 1. The topological polar surface area (TPSA) is 42.4 Å². The van der Waals surface area contributed by atoms with Crippen LogP contribution in [0.2, 0.25) is 0 Å². The number of nitrogens with zero attached hydrogens (tertiary/aromatic N) is 1. The van der Waals surface area contributed by atoms with Crippen LogP contribution in [-0.4, -0.2) is 10.1 Å². The SMILES string of the molecule is CC(C)c1ccccc1Oc1cc(C(C)O)ccn1. The van der Waals surface area contributed by atoms with Crippen molar-refractivity contribution in [3.63, 3.8) is 0 Å². The van der Waals surface area contributed by atoms with Gasteiger partial charge in [0.15, 0.2) is 0 Å². The van der Waals surface area contributed by atoms with Crippen LogP contribution in [0.1, 0.15) is 43.9 Å². The minimum absolute atomic E-state index is 0.385. The summed E-state index contributed by atoms with van der Waals surface area (Å²) in [6.07, 6.45) is 1.13. The van der Waals surface area contributed by atoms with Crippen molar-refractivity contribution in [2.75, 3.05) is 0 Å². The molecule has 1 atom stereocenters. The number of hydrogen-bond donors (Lipinski definition) is 1. The Morgan fingerprint density at radius 2 is 1.84 bits per heavy atom. The highest BCUT2D eigenvalue weighted by atomic mass is 16.5. The first-order chi connectivity index (χ1) is 9.08. The maximum atomic E-state index is 9.57. The van der Waals surface area contributed by atoms with Crippen LogP contribution in [0.3, 0.4) is 0 Å². The number of rotatable bonds is 4. The number of hydrogen-bond acceptors (Lipinski definition) is 3. The van der Waals surface area contributed by atoms with Gasteiger partial charge in [-0.2, -0.15) is 0 Å². The molecule has 3 heteroatoms. The molecule has 2 rings (SSSR count). The van der Waals surface area contributed by atoms with Gasteiger partial charge in [-0.15, -0.1) is 0 Å². The summed E-state index contributed by atoms with van der Waals surface area (Å²) in [5, 5.41) is 9.57. The second-order valence-electron chi connectivity index (χ2n) is 4.90. The standard InChI is InChI=1S/C16H19NO2/c1-11(2)14-6-4-5-7-15(14)19-16-10-13(12(3)18)8-9-17-16/h4-12,18H,1-3H3. The van der Waals surface area contributed by atoms with Crippen molar-refractivity contribution in [3.05, 3.63) is 53.7 Å². The van der Waals surface area contributed by atoms with E-state index in [0.717, 1.165) is 16.9 Å². The summed E-state index contributed by atoms with van der Waals surface area (Å²) in [6.45, 7) is 5.98. The lowest BCUT2D eigenvalue weighted by atomic mass is 10.0. The summed E-state index contributed by atoms with van der Waals surface area (Å²) in [7, 11) is 0. The molecule has 0 amide bonds. The molecule has 1 unspecified atom stereocenters. The van der Waals surface area contributed by atoms with E-state index in [1.54, 1.807) is 25.3 Å². The number of para-hydroxylation sites is 1. The van der Waals surface area contributed by atoms with Crippen molar-refractivity contribution in [2.24, 2.45) is 0 Å². The van der Waals surface area contributed by atoms with Gasteiger partial charge in [0.25, 0.3) is 0 Å². The average molecular weight is 257 g/mol. The molecule has 0 radical (unpaired) electrons. The zero-order valence-corrected chi connectivity index (χ0v) is 11.5. The molecule has 0 aliphatic carbocycles. The summed E-state index contributed by atoms with van der Waals surface area (Å²) >= 11 is 0. The van der Waals surface area contributed by atoms with Crippen molar-refractivity contribution in [2.45, 2.75) is 32.8 Å². The van der Waals surface area contributed by atoms with Crippen LogP contribution in [0.4, 0.5) is 0 Å². The van der Waals surface area contributed by atoms with Crippen LogP contribution in [-0.2, 0) is 0 Å². The van der Waals surface area contributed by atoms with E-state index in [1.807, 2.05) is 18.2 Å². The summed E-state index contributed by atoms with van der Waals surface area (Å²) in [4.78, 5) is 4.18. The molecular weight excluding hydrogens is 238 g/mol. The zero-order chi connectivity index (χ0) is 13.8. The first-order valence-corrected chi connectivity index (χ1v) is 6.48. The van der Waals surface area contributed by atoms with E-state index < -0.39 is 6.10 Å².